The molecule has 242 valence electrons. The number of ketones is 1. The molecule has 3 aromatic rings. The van der Waals surface area contributed by atoms with E-state index in [-0.39, 0.29) is 35.7 Å². The number of Topliss-reactive ketones (excluding diaryl/α,β-unsaturated/α-hetero) is 1. The topological polar surface area (TPSA) is 136 Å². The van der Waals surface area contributed by atoms with Gasteiger partial charge in [-0.05, 0) is 64.0 Å². The van der Waals surface area contributed by atoms with Crippen molar-refractivity contribution in [2.45, 2.75) is 77.9 Å². The van der Waals surface area contributed by atoms with Crippen molar-refractivity contribution in [3.8, 4) is 17.1 Å². The molecule has 45 heavy (non-hydrogen) atoms. The second-order valence-electron chi connectivity index (χ2n) is 13.1. The van der Waals surface area contributed by atoms with Gasteiger partial charge in [0.15, 0.2) is 0 Å². The fraction of sp³-hybridized carbons (Fsp3) is 0.559. The van der Waals surface area contributed by atoms with E-state index >= 15 is 0 Å². The maximum absolute atomic E-state index is 13.6. The molecule has 1 saturated heterocycles. The minimum absolute atomic E-state index is 0.0432. The summed E-state index contributed by atoms with van der Waals surface area (Å²) in [5, 5.41) is 4.16. The first-order valence-corrected chi connectivity index (χ1v) is 15.9. The van der Waals surface area contributed by atoms with E-state index in [4.69, 9.17) is 14.2 Å². The Morgan fingerprint density at radius 2 is 1.93 bits per heavy atom. The van der Waals surface area contributed by atoms with Crippen LogP contribution < -0.4 is 10.1 Å². The van der Waals surface area contributed by atoms with Crippen molar-refractivity contribution in [2.24, 2.45) is 11.3 Å². The number of piperidine rings is 1. The second kappa shape index (κ2) is 13.6. The van der Waals surface area contributed by atoms with Crippen LogP contribution in [-0.4, -0.2) is 76.6 Å². The maximum Gasteiger partial charge on any atom is 0.410 e. The fourth-order valence-electron chi connectivity index (χ4n) is 6.04. The molecule has 2 N–H and O–H groups in total. The molecule has 1 saturated carbocycles. The number of imidazole rings is 1. The van der Waals surface area contributed by atoms with Crippen molar-refractivity contribution in [2.75, 3.05) is 33.4 Å². The Morgan fingerprint density at radius 1 is 1.18 bits per heavy atom. The summed E-state index contributed by atoms with van der Waals surface area (Å²) < 4.78 is 17.1. The molecule has 11 heteroatoms. The highest BCUT2D eigenvalue weighted by molar-refractivity contribution is 5.85. The number of likely N-dealkylation sites (tertiary alicyclic amines) is 1. The molecule has 2 amide bonds. The highest BCUT2D eigenvalue weighted by Crippen LogP contribution is 2.59. The summed E-state index contributed by atoms with van der Waals surface area (Å²) in [6.07, 6.45) is 5.33. The van der Waals surface area contributed by atoms with E-state index in [9.17, 15) is 14.4 Å². The summed E-state index contributed by atoms with van der Waals surface area (Å²) in [4.78, 5) is 52.3. The Morgan fingerprint density at radius 3 is 2.64 bits per heavy atom. The predicted molar refractivity (Wildman–Crippen MR) is 170 cm³/mol. The van der Waals surface area contributed by atoms with E-state index in [2.05, 4.69) is 20.3 Å². The van der Waals surface area contributed by atoms with Crippen LogP contribution >= 0.6 is 0 Å². The molecule has 0 bridgehead atoms. The number of fused-ring (bicyclic) bond motifs is 1. The van der Waals surface area contributed by atoms with Crippen LogP contribution in [0.15, 0.2) is 36.5 Å². The van der Waals surface area contributed by atoms with E-state index in [1.165, 1.54) is 0 Å². The number of aromatic amines is 1. The zero-order chi connectivity index (χ0) is 32.2. The highest BCUT2D eigenvalue weighted by Gasteiger charge is 2.59. The van der Waals surface area contributed by atoms with Gasteiger partial charge in [0.1, 0.15) is 23.3 Å². The van der Waals surface area contributed by atoms with Crippen molar-refractivity contribution in [1.82, 2.24) is 25.2 Å². The van der Waals surface area contributed by atoms with Crippen LogP contribution in [0.25, 0.3) is 22.2 Å². The zero-order valence-electron chi connectivity index (χ0n) is 27.0. The lowest BCUT2D eigenvalue weighted by Crippen LogP contribution is -2.43. The number of nitrogens with zero attached hydrogens (tertiary/aromatic N) is 3. The summed E-state index contributed by atoms with van der Waals surface area (Å²) in [7, 11) is 1.58. The lowest BCUT2D eigenvalue weighted by atomic mass is 9.90. The molecular formula is C34H45N5O6. The molecule has 0 unspecified atom stereocenters. The van der Waals surface area contributed by atoms with Gasteiger partial charge in [-0.25, -0.2) is 14.8 Å². The second-order valence-corrected chi connectivity index (χ2v) is 13.1. The monoisotopic (exact) mass is 619 g/mol. The number of hydrogen-bond donors (Lipinski definition) is 2. The number of aromatic nitrogens is 3. The Hall–Kier alpha value is -3.99. The number of benzene rings is 1. The average Bonchev–Trinajstić information content (AvgIpc) is 3.48. The SMILES string of the molecule is CCC(=O)CCCOC[C@H](NC(=O)[C@H]1CC12CCN(C(=O)OC(C)(C)C)CC2)c1ncc(-c2cc3ccccc3nc2OC)[nH]1. The molecular weight excluding hydrogens is 574 g/mol. The fourth-order valence-corrected chi connectivity index (χ4v) is 6.04. The molecule has 2 aromatic heterocycles. The third kappa shape index (κ3) is 7.81. The molecule has 1 aromatic carbocycles. The third-order valence-corrected chi connectivity index (χ3v) is 8.75. The van der Waals surface area contributed by atoms with Gasteiger partial charge in [0.05, 0.1) is 36.7 Å². The molecule has 1 aliphatic carbocycles. The summed E-state index contributed by atoms with van der Waals surface area (Å²) >= 11 is 0. The number of amides is 2. The van der Waals surface area contributed by atoms with Crippen LogP contribution in [0.2, 0.25) is 0 Å². The summed E-state index contributed by atoms with van der Waals surface area (Å²) in [6, 6.07) is 9.30. The van der Waals surface area contributed by atoms with Crippen molar-refractivity contribution >= 4 is 28.7 Å². The number of carbonyl (C=O) groups is 3. The van der Waals surface area contributed by atoms with E-state index in [1.54, 1.807) is 18.2 Å². The number of methoxy groups -OCH3 is 1. The normalized spacial score (nSPS) is 18.1. The quantitative estimate of drug-likeness (QED) is 0.250. The van der Waals surface area contributed by atoms with Gasteiger partial charge in [0.2, 0.25) is 11.8 Å². The molecule has 2 fully saturated rings. The Bertz CT molecular complexity index is 1520. The van der Waals surface area contributed by atoms with Crippen LogP contribution in [0.5, 0.6) is 5.88 Å². The van der Waals surface area contributed by atoms with Crippen LogP contribution in [0.1, 0.15) is 78.1 Å². The number of carbonyl (C=O) groups excluding carboxylic acids is 3. The molecule has 5 rings (SSSR count). The first kappa shape index (κ1) is 32.4. The van der Waals surface area contributed by atoms with Gasteiger partial charge in [-0.1, -0.05) is 25.1 Å². The molecule has 2 aliphatic rings. The van der Waals surface area contributed by atoms with Gasteiger partial charge in [-0.3, -0.25) is 9.59 Å². The van der Waals surface area contributed by atoms with Gasteiger partial charge in [0.25, 0.3) is 0 Å². The standard InChI is InChI=1S/C34H45N5O6/c1-6-23(40)11-9-17-44-21-28(29-35-20-27(36-29)24-18-22-10-7-8-12-26(22)38-31(24)43-5)37-30(41)25-19-34(25)13-15-39(16-14-34)32(42)45-33(2,3)4/h7-8,10,12,18,20,25,28H,6,9,11,13-17,19,21H2,1-5H3,(H,35,36)(H,37,41)/t25-,28+/m1/s1. The van der Waals surface area contributed by atoms with Crippen LogP contribution in [0.3, 0.4) is 0 Å². The summed E-state index contributed by atoms with van der Waals surface area (Å²) in [5.74, 6) is 1.06. The zero-order valence-corrected chi connectivity index (χ0v) is 27.0. The molecule has 1 spiro atoms. The van der Waals surface area contributed by atoms with Gasteiger partial charge >= 0.3 is 6.09 Å². The predicted octanol–water partition coefficient (Wildman–Crippen LogP) is 5.60. The average molecular weight is 620 g/mol. The number of nitrogens with one attached hydrogen (secondary N) is 2. The number of rotatable bonds is 12. The molecule has 1 aliphatic heterocycles. The minimum atomic E-state index is -0.543. The lowest BCUT2D eigenvalue weighted by Gasteiger charge is -2.34. The van der Waals surface area contributed by atoms with E-state index in [0.29, 0.717) is 56.4 Å². The third-order valence-electron chi connectivity index (χ3n) is 8.75. The maximum atomic E-state index is 13.6. The van der Waals surface area contributed by atoms with Crippen LogP contribution in [0.4, 0.5) is 4.79 Å². The largest absolute Gasteiger partial charge is 0.480 e. The first-order chi connectivity index (χ1) is 21.5. The van der Waals surface area contributed by atoms with Gasteiger partial charge in [-0.2, -0.15) is 0 Å². The number of hydrogen-bond acceptors (Lipinski definition) is 8. The van der Waals surface area contributed by atoms with E-state index in [0.717, 1.165) is 35.7 Å². The molecule has 0 radical (unpaired) electrons. The Labute approximate surface area is 264 Å². The first-order valence-electron chi connectivity index (χ1n) is 15.9. The van der Waals surface area contributed by atoms with Gasteiger partial charge in [-0.15, -0.1) is 0 Å². The number of pyridine rings is 1. The Balaban J connectivity index is 1.27. The smallest absolute Gasteiger partial charge is 0.410 e. The van der Waals surface area contributed by atoms with Crippen LogP contribution in [-0.2, 0) is 19.1 Å². The summed E-state index contributed by atoms with van der Waals surface area (Å²) in [6.45, 7) is 9.20. The molecule has 2 atom stereocenters. The minimum Gasteiger partial charge on any atom is -0.480 e. The van der Waals surface area contributed by atoms with Gasteiger partial charge in [0, 0.05) is 43.8 Å². The van der Waals surface area contributed by atoms with Crippen molar-refractivity contribution in [3.63, 3.8) is 0 Å². The lowest BCUT2D eigenvalue weighted by molar-refractivity contribution is -0.124. The van der Waals surface area contributed by atoms with Crippen molar-refractivity contribution in [3.05, 3.63) is 42.4 Å². The van der Waals surface area contributed by atoms with E-state index in [1.807, 2.05) is 58.0 Å². The Kier molecular flexibility index (Phi) is 9.76. The number of H-pyrrole nitrogens is 1. The highest BCUT2D eigenvalue weighted by atomic mass is 16.6. The molecule has 11 nitrogen and oxygen atoms in total. The van der Waals surface area contributed by atoms with Gasteiger partial charge < -0.3 is 29.4 Å². The van der Waals surface area contributed by atoms with Crippen molar-refractivity contribution < 1.29 is 28.6 Å². The van der Waals surface area contributed by atoms with E-state index < -0.39 is 11.6 Å². The number of ether oxygens (including phenoxy) is 3. The number of para-hydroxylation sites is 1. The van der Waals surface area contributed by atoms with Crippen molar-refractivity contribution in [1.29, 1.82) is 0 Å². The molecule has 3 heterocycles. The van der Waals surface area contributed by atoms with Crippen LogP contribution in [0, 0.1) is 11.3 Å². The summed E-state index contributed by atoms with van der Waals surface area (Å²) in [5.41, 5.74) is 1.65.